The number of methoxy groups -OCH3 is 1. The van der Waals surface area contributed by atoms with Crippen LogP contribution >= 0.6 is 0 Å². The number of carboxylic acid groups (broad SMARTS) is 1. The van der Waals surface area contributed by atoms with Gasteiger partial charge >= 0.3 is 6.09 Å². The molecule has 0 fully saturated rings. The second kappa shape index (κ2) is 8.01. The van der Waals surface area contributed by atoms with Crippen molar-refractivity contribution >= 4 is 6.09 Å². The predicted molar refractivity (Wildman–Crippen MR) is 105 cm³/mol. The smallest absolute Gasteiger partial charge is 0.405 e. The van der Waals surface area contributed by atoms with E-state index in [1.54, 1.807) is 7.11 Å². The maximum absolute atomic E-state index is 11.4. The molecule has 0 heterocycles. The van der Waals surface area contributed by atoms with E-state index in [2.05, 4.69) is 37.4 Å². The highest BCUT2D eigenvalue weighted by Crippen LogP contribution is 2.45. The van der Waals surface area contributed by atoms with Gasteiger partial charge in [-0.1, -0.05) is 44.2 Å². The molecule has 2 aromatic carbocycles. The van der Waals surface area contributed by atoms with Crippen LogP contribution in [-0.2, 0) is 11.2 Å². The summed E-state index contributed by atoms with van der Waals surface area (Å²) in [6.45, 7) is 5.24. The summed E-state index contributed by atoms with van der Waals surface area (Å²) in [6, 6.07) is 14.0. The molecule has 0 saturated heterocycles. The fourth-order valence-electron chi connectivity index (χ4n) is 3.74. The van der Waals surface area contributed by atoms with Gasteiger partial charge in [0.15, 0.2) is 0 Å². The maximum atomic E-state index is 11.4. The Morgan fingerprint density at radius 3 is 2.74 bits per heavy atom. The van der Waals surface area contributed by atoms with Crippen LogP contribution < -0.4 is 10.1 Å². The quantitative estimate of drug-likeness (QED) is 0.727. The molecule has 2 aromatic rings. The summed E-state index contributed by atoms with van der Waals surface area (Å²) in [7, 11) is 1.65. The summed E-state index contributed by atoms with van der Waals surface area (Å²) in [5, 5.41) is 12.1. The van der Waals surface area contributed by atoms with E-state index in [1.807, 2.05) is 24.3 Å². The van der Waals surface area contributed by atoms with E-state index < -0.39 is 6.09 Å². The van der Waals surface area contributed by atoms with Crippen LogP contribution in [0.1, 0.15) is 37.4 Å². The highest BCUT2D eigenvalue weighted by atomic mass is 16.5. The van der Waals surface area contributed by atoms with E-state index in [-0.39, 0.29) is 11.5 Å². The summed E-state index contributed by atoms with van der Waals surface area (Å²) >= 11 is 0. The Hall–Kier alpha value is -2.53. The number of aryl methyl sites for hydroxylation is 1. The molecular formula is C22H27NO4. The van der Waals surface area contributed by atoms with Gasteiger partial charge in [-0.05, 0) is 47.1 Å². The van der Waals surface area contributed by atoms with Crippen molar-refractivity contribution in [3.05, 3.63) is 53.6 Å². The third-order valence-electron chi connectivity index (χ3n) is 5.29. The van der Waals surface area contributed by atoms with Crippen molar-refractivity contribution in [3.8, 4) is 16.9 Å². The number of para-hydroxylation sites is 1. The van der Waals surface area contributed by atoms with Crippen molar-refractivity contribution in [3.63, 3.8) is 0 Å². The first-order valence-electron chi connectivity index (χ1n) is 9.26. The molecule has 0 saturated carbocycles. The molecule has 2 N–H and O–H groups in total. The topological polar surface area (TPSA) is 67.8 Å². The van der Waals surface area contributed by atoms with Gasteiger partial charge in [-0.25, -0.2) is 4.79 Å². The second-order valence-electron chi connectivity index (χ2n) is 7.62. The number of rotatable bonds is 6. The Balaban J connectivity index is 2.00. The lowest BCUT2D eigenvalue weighted by atomic mass is 9.70. The molecule has 0 aromatic heterocycles. The largest absolute Gasteiger partial charge is 0.491 e. The molecule has 1 atom stereocenters. The second-order valence-corrected chi connectivity index (χ2v) is 7.62. The van der Waals surface area contributed by atoms with E-state index >= 15 is 0 Å². The molecule has 0 spiro atoms. The Kier molecular flexibility index (Phi) is 5.71. The van der Waals surface area contributed by atoms with Crippen molar-refractivity contribution in [2.45, 2.75) is 32.7 Å². The monoisotopic (exact) mass is 369 g/mol. The zero-order valence-electron chi connectivity index (χ0n) is 16.1. The fourth-order valence-corrected chi connectivity index (χ4v) is 3.74. The van der Waals surface area contributed by atoms with Gasteiger partial charge in [-0.15, -0.1) is 0 Å². The number of nitrogens with one attached hydrogen (secondary N) is 1. The number of fused-ring (bicyclic) bond motifs is 1. The minimum Gasteiger partial charge on any atom is -0.491 e. The molecule has 3 rings (SSSR count). The van der Waals surface area contributed by atoms with Gasteiger partial charge in [-0.2, -0.15) is 0 Å². The summed E-state index contributed by atoms with van der Waals surface area (Å²) in [5.74, 6) is 0.798. The SMILES string of the molecule is COCCOc1ccccc1-c1ccc2c(c1)[C@@H](NC(=O)O)C(C)(C)CC2. The fraction of sp³-hybridized carbons (Fsp3) is 0.409. The average molecular weight is 369 g/mol. The van der Waals surface area contributed by atoms with Crippen molar-refractivity contribution in [1.82, 2.24) is 5.32 Å². The van der Waals surface area contributed by atoms with Crippen LogP contribution in [0.4, 0.5) is 4.79 Å². The molecule has 144 valence electrons. The van der Waals surface area contributed by atoms with Crippen molar-refractivity contribution < 1.29 is 19.4 Å². The van der Waals surface area contributed by atoms with Crippen LogP contribution in [0.25, 0.3) is 11.1 Å². The van der Waals surface area contributed by atoms with Gasteiger partial charge in [-0.3, -0.25) is 0 Å². The Bertz CT molecular complexity index is 816. The van der Waals surface area contributed by atoms with Crippen LogP contribution in [0, 0.1) is 5.41 Å². The molecular weight excluding hydrogens is 342 g/mol. The third kappa shape index (κ3) is 4.25. The Morgan fingerprint density at radius 1 is 1.22 bits per heavy atom. The number of hydrogen-bond donors (Lipinski definition) is 2. The molecule has 0 aliphatic heterocycles. The lowest BCUT2D eigenvalue weighted by Gasteiger charge is -2.40. The van der Waals surface area contributed by atoms with Crippen molar-refractivity contribution in [2.24, 2.45) is 5.41 Å². The van der Waals surface area contributed by atoms with Crippen LogP contribution in [0.5, 0.6) is 5.75 Å². The zero-order valence-corrected chi connectivity index (χ0v) is 16.1. The first-order chi connectivity index (χ1) is 12.9. The summed E-state index contributed by atoms with van der Waals surface area (Å²) in [5.41, 5.74) is 4.14. The molecule has 5 nitrogen and oxygen atoms in total. The van der Waals surface area contributed by atoms with E-state index in [9.17, 15) is 9.90 Å². The van der Waals surface area contributed by atoms with E-state index in [4.69, 9.17) is 9.47 Å². The molecule has 0 radical (unpaired) electrons. The number of benzene rings is 2. The Morgan fingerprint density at radius 2 is 2.00 bits per heavy atom. The third-order valence-corrected chi connectivity index (χ3v) is 5.29. The number of carbonyl (C=O) groups is 1. The first kappa shape index (κ1) is 19.2. The van der Waals surface area contributed by atoms with Gasteiger partial charge in [0.1, 0.15) is 12.4 Å². The predicted octanol–water partition coefficient (Wildman–Crippen LogP) is 4.66. The summed E-state index contributed by atoms with van der Waals surface area (Å²) in [4.78, 5) is 11.4. The molecule has 0 unspecified atom stereocenters. The van der Waals surface area contributed by atoms with E-state index in [0.29, 0.717) is 13.2 Å². The van der Waals surface area contributed by atoms with E-state index in [0.717, 1.165) is 35.3 Å². The number of ether oxygens (including phenoxy) is 2. The standard InChI is InChI=1S/C22H27NO4/c1-22(2)11-10-15-8-9-16(14-18(15)20(22)23-21(24)25)17-6-4-5-7-19(17)27-13-12-26-3/h4-9,14,20,23H,10-13H2,1-3H3,(H,24,25)/t20-/m1/s1. The Labute approximate surface area is 160 Å². The van der Waals surface area contributed by atoms with Crippen molar-refractivity contribution in [1.29, 1.82) is 0 Å². The minimum atomic E-state index is -0.991. The van der Waals surface area contributed by atoms with Crippen molar-refractivity contribution in [2.75, 3.05) is 20.3 Å². The van der Waals surface area contributed by atoms with Gasteiger partial charge in [0.2, 0.25) is 0 Å². The molecule has 5 heteroatoms. The average Bonchev–Trinajstić information content (AvgIpc) is 2.64. The molecule has 0 bridgehead atoms. The lowest BCUT2D eigenvalue weighted by Crippen LogP contribution is -2.40. The lowest BCUT2D eigenvalue weighted by molar-refractivity contribution is 0.146. The van der Waals surface area contributed by atoms with Crippen LogP contribution in [0.2, 0.25) is 0 Å². The minimum absolute atomic E-state index is 0.140. The normalized spacial score (nSPS) is 17.8. The van der Waals surface area contributed by atoms with Crippen LogP contribution in [-0.4, -0.2) is 31.5 Å². The van der Waals surface area contributed by atoms with Gasteiger partial charge in [0.05, 0.1) is 12.6 Å². The highest BCUT2D eigenvalue weighted by Gasteiger charge is 2.37. The van der Waals surface area contributed by atoms with Crippen LogP contribution in [0.3, 0.4) is 0 Å². The van der Waals surface area contributed by atoms with Crippen LogP contribution in [0.15, 0.2) is 42.5 Å². The van der Waals surface area contributed by atoms with Gasteiger partial charge in [0.25, 0.3) is 0 Å². The molecule has 1 amide bonds. The maximum Gasteiger partial charge on any atom is 0.405 e. The summed E-state index contributed by atoms with van der Waals surface area (Å²) in [6.07, 6.45) is 0.905. The highest BCUT2D eigenvalue weighted by molar-refractivity contribution is 5.72. The number of amides is 1. The zero-order chi connectivity index (χ0) is 19.4. The number of hydrogen-bond acceptors (Lipinski definition) is 3. The van der Waals surface area contributed by atoms with E-state index in [1.165, 1.54) is 5.56 Å². The molecule has 27 heavy (non-hydrogen) atoms. The molecule has 1 aliphatic carbocycles. The van der Waals surface area contributed by atoms with Gasteiger partial charge in [0, 0.05) is 12.7 Å². The summed E-state index contributed by atoms with van der Waals surface area (Å²) < 4.78 is 10.9. The van der Waals surface area contributed by atoms with Gasteiger partial charge < -0.3 is 19.9 Å². The first-order valence-corrected chi connectivity index (χ1v) is 9.26. The molecule has 1 aliphatic rings.